The van der Waals surface area contributed by atoms with E-state index in [1.165, 1.54) is 44.9 Å². The molecule has 0 aromatic heterocycles. The molecule has 0 aromatic carbocycles. The summed E-state index contributed by atoms with van der Waals surface area (Å²) in [5, 5.41) is 26.8. The molecule has 0 rings (SSSR count). The standard InChI is InChI=1S/C16H30O6S/c1-2-3-4-5-6-7-8-9-10-11-12-22-14(19)16(21)23-15(20)13(17)18/h15-16,20-21H,2-12H2,1H3,(H,17,18). The van der Waals surface area contributed by atoms with Gasteiger partial charge in [0.05, 0.1) is 6.61 Å². The zero-order valence-corrected chi connectivity index (χ0v) is 14.7. The van der Waals surface area contributed by atoms with Crippen LogP contribution in [0.3, 0.4) is 0 Å². The number of aliphatic hydroxyl groups is 2. The van der Waals surface area contributed by atoms with Crippen molar-refractivity contribution >= 4 is 23.7 Å². The molecule has 0 spiro atoms. The first-order chi connectivity index (χ1) is 11.0. The number of carboxylic acid groups (broad SMARTS) is 1. The zero-order valence-electron chi connectivity index (χ0n) is 13.9. The van der Waals surface area contributed by atoms with Crippen molar-refractivity contribution in [1.29, 1.82) is 0 Å². The fourth-order valence-corrected chi connectivity index (χ4v) is 2.61. The lowest BCUT2D eigenvalue weighted by molar-refractivity contribution is -0.149. The topological polar surface area (TPSA) is 104 Å². The van der Waals surface area contributed by atoms with Crippen LogP contribution in [0.4, 0.5) is 0 Å². The van der Waals surface area contributed by atoms with Crippen LogP contribution in [0.1, 0.15) is 71.1 Å². The summed E-state index contributed by atoms with van der Waals surface area (Å²) in [5.41, 5.74) is -3.51. The number of carbonyl (C=O) groups is 2. The van der Waals surface area contributed by atoms with Crippen molar-refractivity contribution in [3.05, 3.63) is 0 Å². The van der Waals surface area contributed by atoms with E-state index >= 15 is 0 Å². The molecule has 2 atom stereocenters. The molecule has 23 heavy (non-hydrogen) atoms. The summed E-state index contributed by atoms with van der Waals surface area (Å²) >= 11 is 0.236. The van der Waals surface area contributed by atoms with E-state index in [0.717, 1.165) is 19.3 Å². The number of unbranched alkanes of at least 4 members (excludes halogenated alkanes) is 9. The average Bonchev–Trinajstić information content (AvgIpc) is 2.52. The summed E-state index contributed by atoms with van der Waals surface area (Å²) in [6.07, 6.45) is 11.7. The minimum absolute atomic E-state index is 0.204. The lowest BCUT2D eigenvalue weighted by Gasteiger charge is -2.11. The maximum Gasteiger partial charge on any atom is 0.345 e. The maximum absolute atomic E-state index is 11.4. The molecular weight excluding hydrogens is 320 g/mol. The Balaban J connectivity index is 3.43. The quantitative estimate of drug-likeness (QED) is 0.237. The molecule has 0 radical (unpaired) electrons. The Kier molecular flexibility index (Phi) is 14.3. The molecule has 0 saturated heterocycles. The van der Waals surface area contributed by atoms with Crippen molar-refractivity contribution < 1.29 is 29.6 Å². The minimum atomic E-state index is -1.84. The molecular formula is C16H30O6S. The second-order valence-electron chi connectivity index (χ2n) is 5.53. The Morgan fingerprint density at radius 3 is 1.83 bits per heavy atom. The molecule has 0 amide bonds. The molecule has 0 fully saturated rings. The first-order valence-electron chi connectivity index (χ1n) is 8.40. The van der Waals surface area contributed by atoms with Gasteiger partial charge in [-0.2, -0.15) is 0 Å². The predicted octanol–water partition coefficient (Wildman–Crippen LogP) is 2.91. The summed E-state index contributed by atoms with van der Waals surface area (Å²) in [7, 11) is 0. The Morgan fingerprint density at radius 2 is 1.35 bits per heavy atom. The van der Waals surface area contributed by atoms with Crippen molar-refractivity contribution in [3.8, 4) is 0 Å². The van der Waals surface area contributed by atoms with Gasteiger partial charge in [-0.3, -0.25) is 0 Å². The van der Waals surface area contributed by atoms with Crippen LogP contribution >= 0.6 is 11.8 Å². The fourth-order valence-electron chi connectivity index (χ4n) is 2.07. The summed E-state index contributed by atoms with van der Waals surface area (Å²) in [6.45, 7) is 2.41. The SMILES string of the molecule is CCCCCCCCCCCCOC(=O)C(O)SC(O)C(=O)O. The minimum Gasteiger partial charge on any atom is -0.479 e. The molecule has 2 unspecified atom stereocenters. The number of thioether (sulfide) groups is 1. The Labute approximate surface area is 142 Å². The Bertz CT molecular complexity index is 324. The molecule has 0 aliphatic carbocycles. The third kappa shape index (κ3) is 13.4. The monoisotopic (exact) mass is 350 g/mol. The highest BCUT2D eigenvalue weighted by Crippen LogP contribution is 2.16. The second kappa shape index (κ2) is 14.8. The van der Waals surface area contributed by atoms with Gasteiger partial charge in [0.15, 0.2) is 0 Å². The van der Waals surface area contributed by atoms with Gasteiger partial charge in [0.1, 0.15) is 0 Å². The van der Waals surface area contributed by atoms with Crippen LogP contribution in [0.25, 0.3) is 0 Å². The van der Waals surface area contributed by atoms with Gasteiger partial charge in [0.25, 0.3) is 0 Å². The number of aliphatic carboxylic acids is 1. The van der Waals surface area contributed by atoms with Crippen LogP contribution in [0.15, 0.2) is 0 Å². The number of hydrogen-bond donors (Lipinski definition) is 3. The highest BCUT2D eigenvalue weighted by molar-refractivity contribution is 8.01. The lowest BCUT2D eigenvalue weighted by atomic mass is 10.1. The number of carbonyl (C=O) groups excluding carboxylic acids is 1. The van der Waals surface area contributed by atoms with E-state index in [1.807, 2.05) is 0 Å². The van der Waals surface area contributed by atoms with E-state index in [1.54, 1.807) is 0 Å². The maximum atomic E-state index is 11.4. The van der Waals surface area contributed by atoms with Gasteiger partial charge in [0.2, 0.25) is 10.9 Å². The van der Waals surface area contributed by atoms with Crippen LogP contribution in [0.5, 0.6) is 0 Å². The van der Waals surface area contributed by atoms with Gasteiger partial charge in [-0.25, -0.2) is 9.59 Å². The third-order valence-corrected chi connectivity index (χ3v) is 4.32. The van der Waals surface area contributed by atoms with Gasteiger partial charge < -0.3 is 20.1 Å². The lowest BCUT2D eigenvalue weighted by Crippen LogP contribution is -2.26. The van der Waals surface area contributed by atoms with Gasteiger partial charge in [0, 0.05) is 0 Å². The van der Waals surface area contributed by atoms with Gasteiger partial charge >= 0.3 is 11.9 Å². The van der Waals surface area contributed by atoms with Gasteiger partial charge in [-0.15, -0.1) is 0 Å². The van der Waals surface area contributed by atoms with Crippen LogP contribution in [0, 0.1) is 0 Å². The molecule has 136 valence electrons. The molecule has 0 bridgehead atoms. The molecule has 0 saturated carbocycles. The van der Waals surface area contributed by atoms with E-state index in [0.29, 0.717) is 0 Å². The number of esters is 1. The highest BCUT2D eigenvalue weighted by atomic mass is 32.2. The molecule has 7 heteroatoms. The molecule has 0 aliphatic rings. The summed E-state index contributed by atoms with van der Waals surface area (Å²) in [5.74, 6) is -2.41. The van der Waals surface area contributed by atoms with Crippen molar-refractivity contribution in [2.75, 3.05) is 6.61 Å². The molecule has 6 nitrogen and oxygen atoms in total. The van der Waals surface area contributed by atoms with E-state index in [9.17, 15) is 14.7 Å². The first-order valence-corrected chi connectivity index (χ1v) is 9.34. The van der Waals surface area contributed by atoms with Crippen molar-refractivity contribution in [2.45, 2.75) is 82.0 Å². The van der Waals surface area contributed by atoms with Crippen molar-refractivity contribution in [3.63, 3.8) is 0 Å². The smallest absolute Gasteiger partial charge is 0.345 e. The number of carboxylic acids is 1. The van der Waals surface area contributed by atoms with E-state index in [-0.39, 0.29) is 18.4 Å². The third-order valence-electron chi connectivity index (χ3n) is 3.41. The van der Waals surface area contributed by atoms with Gasteiger partial charge in [-0.05, 0) is 6.42 Å². The molecule has 3 N–H and O–H groups in total. The molecule has 0 heterocycles. The van der Waals surface area contributed by atoms with Crippen molar-refractivity contribution in [2.24, 2.45) is 0 Å². The average molecular weight is 350 g/mol. The number of hydrogen-bond acceptors (Lipinski definition) is 6. The highest BCUT2D eigenvalue weighted by Gasteiger charge is 2.25. The van der Waals surface area contributed by atoms with E-state index in [2.05, 4.69) is 6.92 Å². The Hall–Kier alpha value is -0.790. The second-order valence-corrected chi connectivity index (χ2v) is 6.69. The number of rotatable bonds is 15. The van der Waals surface area contributed by atoms with E-state index in [4.69, 9.17) is 14.9 Å². The fraction of sp³-hybridized carbons (Fsp3) is 0.875. The van der Waals surface area contributed by atoms with Crippen LogP contribution < -0.4 is 0 Å². The normalized spacial score (nSPS) is 13.5. The van der Waals surface area contributed by atoms with Gasteiger partial charge in [-0.1, -0.05) is 76.5 Å². The summed E-state index contributed by atoms with van der Waals surface area (Å²) in [6, 6.07) is 0. The van der Waals surface area contributed by atoms with Crippen LogP contribution in [-0.4, -0.2) is 44.7 Å². The largest absolute Gasteiger partial charge is 0.479 e. The predicted molar refractivity (Wildman–Crippen MR) is 90.0 cm³/mol. The zero-order chi connectivity index (χ0) is 17.5. The van der Waals surface area contributed by atoms with Crippen LogP contribution in [-0.2, 0) is 14.3 Å². The molecule has 0 aromatic rings. The summed E-state index contributed by atoms with van der Waals surface area (Å²) in [4.78, 5) is 21.7. The molecule has 0 aliphatic heterocycles. The van der Waals surface area contributed by atoms with Crippen molar-refractivity contribution in [1.82, 2.24) is 0 Å². The number of aliphatic hydroxyl groups excluding tert-OH is 2. The summed E-state index contributed by atoms with van der Waals surface area (Å²) < 4.78 is 4.84. The van der Waals surface area contributed by atoms with E-state index < -0.39 is 22.8 Å². The first kappa shape index (κ1) is 22.2. The van der Waals surface area contributed by atoms with Crippen LogP contribution in [0.2, 0.25) is 0 Å². The number of ether oxygens (including phenoxy) is 1. The Morgan fingerprint density at radius 1 is 0.870 bits per heavy atom.